The van der Waals surface area contributed by atoms with E-state index in [1.165, 1.54) is 0 Å². The van der Waals surface area contributed by atoms with Gasteiger partial charge in [-0.25, -0.2) is 4.98 Å². The van der Waals surface area contributed by atoms with Crippen molar-refractivity contribution in [2.24, 2.45) is 11.5 Å². The third-order valence-corrected chi connectivity index (χ3v) is 4.99. The highest BCUT2D eigenvalue weighted by Gasteiger charge is 2.19. The van der Waals surface area contributed by atoms with E-state index in [4.69, 9.17) is 27.0 Å². The number of imidazole rings is 1. The molecule has 1 atom stereocenters. The SMILES string of the molecule is CCOC(=O)CC(CCc1cccc(C(=N)N)c1)n1cnc2ccc(C(=N)N)cc21. The summed E-state index contributed by atoms with van der Waals surface area (Å²) in [6.07, 6.45) is 3.27. The summed E-state index contributed by atoms with van der Waals surface area (Å²) in [7, 11) is 0. The van der Waals surface area contributed by atoms with E-state index in [0.29, 0.717) is 30.6 Å². The smallest absolute Gasteiger partial charge is 0.307 e. The molecule has 1 unspecified atom stereocenters. The van der Waals surface area contributed by atoms with Gasteiger partial charge in [0.2, 0.25) is 0 Å². The number of aryl methyl sites for hydroxylation is 1. The molecule has 1 heterocycles. The molecule has 0 aliphatic rings. The van der Waals surface area contributed by atoms with E-state index in [-0.39, 0.29) is 30.1 Å². The van der Waals surface area contributed by atoms with Gasteiger partial charge in [0, 0.05) is 17.2 Å². The Labute approximate surface area is 174 Å². The van der Waals surface area contributed by atoms with Crippen LogP contribution in [0.1, 0.15) is 42.5 Å². The van der Waals surface area contributed by atoms with Gasteiger partial charge in [-0.3, -0.25) is 15.6 Å². The van der Waals surface area contributed by atoms with Crippen LogP contribution in [0.15, 0.2) is 48.8 Å². The van der Waals surface area contributed by atoms with Crippen molar-refractivity contribution < 1.29 is 9.53 Å². The number of esters is 1. The Hall–Kier alpha value is -3.68. The normalized spacial score (nSPS) is 11.9. The molecule has 2 aromatic carbocycles. The first kappa shape index (κ1) is 21.0. The number of ether oxygens (including phenoxy) is 1. The summed E-state index contributed by atoms with van der Waals surface area (Å²) >= 11 is 0. The number of amidine groups is 2. The number of fused-ring (bicyclic) bond motifs is 1. The van der Waals surface area contributed by atoms with Gasteiger partial charge in [0.1, 0.15) is 11.7 Å². The zero-order chi connectivity index (χ0) is 21.7. The van der Waals surface area contributed by atoms with Crippen LogP contribution in [0.25, 0.3) is 11.0 Å². The molecule has 30 heavy (non-hydrogen) atoms. The third-order valence-electron chi connectivity index (χ3n) is 4.99. The number of nitrogens with zero attached hydrogens (tertiary/aromatic N) is 2. The number of nitrogens with one attached hydrogen (secondary N) is 2. The number of rotatable bonds is 9. The van der Waals surface area contributed by atoms with E-state index in [0.717, 1.165) is 16.6 Å². The minimum Gasteiger partial charge on any atom is -0.466 e. The number of nitrogen functional groups attached to an aromatic ring is 2. The molecule has 0 amide bonds. The lowest BCUT2D eigenvalue weighted by Crippen LogP contribution is -2.17. The van der Waals surface area contributed by atoms with Gasteiger partial charge in [0.25, 0.3) is 0 Å². The van der Waals surface area contributed by atoms with Crippen LogP contribution in [-0.2, 0) is 16.0 Å². The maximum Gasteiger partial charge on any atom is 0.307 e. The summed E-state index contributed by atoms with van der Waals surface area (Å²) in [5, 5.41) is 15.3. The molecule has 156 valence electrons. The molecule has 0 radical (unpaired) electrons. The number of hydrogen-bond acceptors (Lipinski definition) is 5. The molecule has 0 saturated carbocycles. The van der Waals surface area contributed by atoms with E-state index in [1.54, 1.807) is 25.4 Å². The number of nitrogens with two attached hydrogens (primary N) is 2. The van der Waals surface area contributed by atoms with Gasteiger partial charge in [0.05, 0.1) is 30.4 Å². The topological polar surface area (TPSA) is 144 Å². The van der Waals surface area contributed by atoms with Crippen molar-refractivity contribution in [1.82, 2.24) is 9.55 Å². The number of aromatic nitrogens is 2. The van der Waals surface area contributed by atoms with Gasteiger partial charge in [-0.2, -0.15) is 0 Å². The molecule has 8 nitrogen and oxygen atoms in total. The highest BCUT2D eigenvalue weighted by Crippen LogP contribution is 2.26. The summed E-state index contributed by atoms with van der Waals surface area (Å²) in [6.45, 7) is 2.11. The summed E-state index contributed by atoms with van der Waals surface area (Å²) in [5.41, 5.74) is 15.1. The van der Waals surface area contributed by atoms with Gasteiger partial charge in [-0.15, -0.1) is 0 Å². The fourth-order valence-electron chi connectivity index (χ4n) is 3.46. The number of hydrogen-bond donors (Lipinski definition) is 4. The first-order chi connectivity index (χ1) is 14.4. The van der Waals surface area contributed by atoms with E-state index < -0.39 is 0 Å². The molecule has 8 heteroatoms. The van der Waals surface area contributed by atoms with Gasteiger partial charge >= 0.3 is 5.97 Å². The molecule has 0 bridgehead atoms. The van der Waals surface area contributed by atoms with Crippen LogP contribution in [0, 0.1) is 10.8 Å². The van der Waals surface area contributed by atoms with E-state index in [1.807, 2.05) is 34.9 Å². The molecule has 0 fully saturated rings. The molecule has 0 aliphatic heterocycles. The summed E-state index contributed by atoms with van der Waals surface area (Å²) < 4.78 is 7.13. The Bertz CT molecular complexity index is 1090. The second-order valence-corrected chi connectivity index (χ2v) is 7.08. The van der Waals surface area contributed by atoms with E-state index in [2.05, 4.69) is 4.98 Å². The van der Waals surface area contributed by atoms with Crippen LogP contribution in [0.3, 0.4) is 0 Å². The Kier molecular flexibility index (Phi) is 6.46. The van der Waals surface area contributed by atoms with Crippen molar-refractivity contribution in [2.75, 3.05) is 6.61 Å². The van der Waals surface area contributed by atoms with Crippen LogP contribution < -0.4 is 11.5 Å². The minimum absolute atomic E-state index is 0.0207. The Morgan fingerprint density at radius 1 is 1.13 bits per heavy atom. The molecular weight excluding hydrogens is 380 g/mol. The van der Waals surface area contributed by atoms with Gasteiger partial charge in [0.15, 0.2) is 0 Å². The highest BCUT2D eigenvalue weighted by molar-refractivity contribution is 5.98. The highest BCUT2D eigenvalue weighted by atomic mass is 16.5. The summed E-state index contributed by atoms with van der Waals surface area (Å²) in [5.74, 6) is -0.269. The lowest BCUT2D eigenvalue weighted by Gasteiger charge is -2.19. The van der Waals surface area contributed by atoms with Crippen molar-refractivity contribution in [1.29, 1.82) is 10.8 Å². The Morgan fingerprint density at radius 2 is 1.87 bits per heavy atom. The molecule has 0 aliphatic carbocycles. The zero-order valence-electron chi connectivity index (χ0n) is 16.9. The van der Waals surface area contributed by atoms with E-state index in [9.17, 15) is 4.79 Å². The van der Waals surface area contributed by atoms with Crippen LogP contribution in [0.5, 0.6) is 0 Å². The Morgan fingerprint density at radius 3 is 2.57 bits per heavy atom. The van der Waals surface area contributed by atoms with Crippen LogP contribution in [0.2, 0.25) is 0 Å². The maximum atomic E-state index is 12.3. The van der Waals surface area contributed by atoms with Crippen molar-refractivity contribution in [3.63, 3.8) is 0 Å². The molecular formula is C22H26N6O2. The van der Waals surface area contributed by atoms with Gasteiger partial charge < -0.3 is 20.8 Å². The fraction of sp³-hybridized carbons (Fsp3) is 0.273. The number of carbonyl (C=O) groups is 1. The fourth-order valence-corrected chi connectivity index (χ4v) is 3.46. The second kappa shape index (κ2) is 9.21. The predicted molar refractivity (Wildman–Crippen MR) is 117 cm³/mol. The lowest BCUT2D eigenvalue weighted by atomic mass is 10.0. The van der Waals surface area contributed by atoms with Crippen molar-refractivity contribution in [2.45, 2.75) is 32.2 Å². The molecule has 3 aromatic rings. The molecule has 1 aromatic heterocycles. The standard InChI is InChI=1S/C22H26N6O2/c1-2-30-20(29)12-17(8-6-14-4-3-5-15(10-14)21(23)24)28-13-27-18-9-7-16(22(25)26)11-19(18)28/h3-5,7,9-11,13,17H,2,6,8,12H2,1H3,(H3,23,24)(H3,25,26). The zero-order valence-corrected chi connectivity index (χ0v) is 16.9. The van der Waals surface area contributed by atoms with E-state index >= 15 is 0 Å². The second-order valence-electron chi connectivity index (χ2n) is 7.08. The van der Waals surface area contributed by atoms with Gasteiger partial charge in [-0.05, 0) is 49.6 Å². The first-order valence-electron chi connectivity index (χ1n) is 9.79. The predicted octanol–water partition coefficient (Wildman–Crippen LogP) is 2.73. The molecule has 3 rings (SSSR count). The number of benzene rings is 2. The van der Waals surface area contributed by atoms with Crippen molar-refractivity contribution >= 4 is 28.7 Å². The van der Waals surface area contributed by atoms with Crippen LogP contribution >= 0.6 is 0 Å². The number of carbonyl (C=O) groups excluding carboxylic acids is 1. The van der Waals surface area contributed by atoms with Crippen molar-refractivity contribution in [3.8, 4) is 0 Å². The quantitative estimate of drug-likeness (QED) is 0.245. The summed E-state index contributed by atoms with van der Waals surface area (Å²) in [6, 6.07) is 12.8. The molecule has 0 spiro atoms. The minimum atomic E-state index is -0.274. The Balaban J connectivity index is 1.91. The molecule has 6 N–H and O–H groups in total. The first-order valence-corrected chi connectivity index (χ1v) is 9.79. The third kappa shape index (κ3) is 4.83. The lowest BCUT2D eigenvalue weighted by molar-refractivity contribution is -0.144. The van der Waals surface area contributed by atoms with Gasteiger partial charge in [-0.1, -0.05) is 18.2 Å². The molecule has 0 saturated heterocycles. The monoisotopic (exact) mass is 406 g/mol. The van der Waals surface area contributed by atoms with Crippen LogP contribution in [0.4, 0.5) is 0 Å². The summed E-state index contributed by atoms with van der Waals surface area (Å²) in [4.78, 5) is 16.7. The van der Waals surface area contributed by atoms with Crippen LogP contribution in [-0.4, -0.2) is 33.8 Å². The average molecular weight is 406 g/mol. The largest absolute Gasteiger partial charge is 0.466 e. The average Bonchev–Trinajstić information content (AvgIpc) is 3.14. The van der Waals surface area contributed by atoms with Crippen molar-refractivity contribution in [3.05, 3.63) is 65.5 Å². The maximum absolute atomic E-state index is 12.3.